The predicted octanol–water partition coefficient (Wildman–Crippen LogP) is 3.67. The van der Waals surface area contributed by atoms with Gasteiger partial charge in [0.25, 0.3) is 5.56 Å². The number of hydrogen-bond acceptors (Lipinski definition) is 3. The third kappa shape index (κ3) is 4.11. The summed E-state index contributed by atoms with van der Waals surface area (Å²) in [5.74, 6) is -0.00812. The number of anilines is 1. The highest BCUT2D eigenvalue weighted by molar-refractivity contribution is 5.91. The van der Waals surface area contributed by atoms with Crippen molar-refractivity contribution in [2.24, 2.45) is 0 Å². The standard InChI is InChI=1S/C19H15F3N2O3/c1-27-15-5-6-16-12(9-15)7-8-24(18(16)26)11-17(25)23-14-4-2-3-13(10-14)19(20,21)22/h2-10H,11H2,1H3,(H,23,25). The Balaban J connectivity index is 1.80. The molecular formula is C19H15F3N2O3. The second-order valence-electron chi connectivity index (χ2n) is 5.83. The first-order valence-electron chi connectivity index (χ1n) is 7.92. The topological polar surface area (TPSA) is 60.3 Å². The molecule has 0 atom stereocenters. The third-order valence-corrected chi connectivity index (χ3v) is 3.97. The van der Waals surface area contributed by atoms with Gasteiger partial charge in [-0.1, -0.05) is 6.07 Å². The van der Waals surface area contributed by atoms with E-state index in [2.05, 4.69) is 5.32 Å². The second-order valence-corrected chi connectivity index (χ2v) is 5.83. The molecule has 0 fully saturated rings. The molecule has 27 heavy (non-hydrogen) atoms. The van der Waals surface area contributed by atoms with Gasteiger partial charge in [0.1, 0.15) is 12.3 Å². The molecule has 1 amide bonds. The Bertz CT molecular complexity index is 1060. The molecule has 2 aromatic carbocycles. The Morgan fingerprint density at radius 3 is 2.63 bits per heavy atom. The molecule has 0 bridgehead atoms. The molecule has 3 rings (SSSR count). The summed E-state index contributed by atoms with van der Waals surface area (Å²) < 4.78 is 44.5. The van der Waals surface area contributed by atoms with Crippen LogP contribution in [0.25, 0.3) is 10.8 Å². The Morgan fingerprint density at radius 2 is 1.93 bits per heavy atom. The average Bonchev–Trinajstić information content (AvgIpc) is 2.63. The zero-order valence-electron chi connectivity index (χ0n) is 14.2. The molecule has 1 heterocycles. The molecule has 0 saturated carbocycles. The van der Waals surface area contributed by atoms with Gasteiger partial charge >= 0.3 is 6.18 Å². The number of benzene rings is 2. The number of hydrogen-bond donors (Lipinski definition) is 1. The van der Waals surface area contributed by atoms with Crippen molar-refractivity contribution in [3.05, 3.63) is 70.6 Å². The fourth-order valence-corrected chi connectivity index (χ4v) is 2.65. The number of pyridine rings is 1. The number of rotatable bonds is 4. The molecule has 0 unspecified atom stereocenters. The van der Waals surface area contributed by atoms with E-state index < -0.39 is 17.6 Å². The number of fused-ring (bicyclic) bond motifs is 1. The molecule has 1 aromatic heterocycles. The van der Waals surface area contributed by atoms with Gasteiger partial charge in [0.15, 0.2) is 0 Å². The number of methoxy groups -OCH3 is 1. The fraction of sp³-hybridized carbons (Fsp3) is 0.158. The van der Waals surface area contributed by atoms with Crippen LogP contribution in [0.3, 0.4) is 0 Å². The van der Waals surface area contributed by atoms with Crippen LogP contribution in [0.4, 0.5) is 18.9 Å². The van der Waals surface area contributed by atoms with Gasteiger partial charge in [-0.15, -0.1) is 0 Å². The number of carbonyl (C=O) groups is 1. The van der Waals surface area contributed by atoms with E-state index in [0.29, 0.717) is 16.5 Å². The highest BCUT2D eigenvalue weighted by atomic mass is 19.4. The predicted molar refractivity (Wildman–Crippen MR) is 94.8 cm³/mol. The molecule has 0 spiro atoms. The molecule has 0 saturated heterocycles. The van der Waals surface area contributed by atoms with E-state index in [1.54, 1.807) is 24.3 Å². The monoisotopic (exact) mass is 376 g/mol. The van der Waals surface area contributed by atoms with Crippen LogP contribution in [-0.2, 0) is 17.5 Å². The molecule has 5 nitrogen and oxygen atoms in total. The summed E-state index contributed by atoms with van der Waals surface area (Å²) in [7, 11) is 1.51. The number of nitrogens with zero attached hydrogens (tertiary/aromatic N) is 1. The smallest absolute Gasteiger partial charge is 0.416 e. The Hall–Kier alpha value is -3.29. The lowest BCUT2D eigenvalue weighted by molar-refractivity contribution is -0.137. The van der Waals surface area contributed by atoms with E-state index in [0.717, 1.165) is 12.1 Å². The maximum atomic E-state index is 12.7. The minimum Gasteiger partial charge on any atom is -0.497 e. The highest BCUT2D eigenvalue weighted by Gasteiger charge is 2.30. The number of nitrogens with one attached hydrogen (secondary N) is 1. The Morgan fingerprint density at radius 1 is 1.15 bits per heavy atom. The number of alkyl halides is 3. The first-order chi connectivity index (χ1) is 12.8. The molecule has 3 aromatic rings. The van der Waals surface area contributed by atoms with E-state index in [1.807, 2.05) is 0 Å². The minimum absolute atomic E-state index is 0.00778. The van der Waals surface area contributed by atoms with Crippen molar-refractivity contribution in [3.63, 3.8) is 0 Å². The zero-order chi connectivity index (χ0) is 19.6. The summed E-state index contributed by atoms with van der Waals surface area (Å²) in [5.41, 5.74) is -1.24. The first kappa shape index (κ1) is 18.5. The lowest BCUT2D eigenvalue weighted by Gasteiger charge is -2.11. The molecular weight excluding hydrogens is 361 g/mol. The van der Waals surface area contributed by atoms with Crippen LogP contribution in [-0.4, -0.2) is 17.6 Å². The van der Waals surface area contributed by atoms with Crippen molar-refractivity contribution in [3.8, 4) is 5.75 Å². The van der Waals surface area contributed by atoms with Crippen LogP contribution in [0.1, 0.15) is 5.56 Å². The molecule has 8 heteroatoms. The van der Waals surface area contributed by atoms with Gasteiger partial charge < -0.3 is 14.6 Å². The molecule has 140 valence electrons. The Kier molecular flexibility index (Phi) is 4.89. The van der Waals surface area contributed by atoms with E-state index in [1.165, 1.54) is 30.0 Å². The van der Waals surface area contributed by atoms with Gasteiger partial charge in [0.05, 0.1) is 12.7 Å². The SMILES string of the molecule is COc1ccc2c(=O)n(CC(=O)Nc3cccc(C(F)(F)F)c3)ccc2c1. The van der Waals surface area contributed by atoms with Gasteiger partial charge in [0.2, 0.25) is 5.91 Å². The van der Waals surface area contributed by atoms with E-state index in [9.17, 15) is 22.8 Å². The lowest BCUT2D eigenvalue weighted by atomic mass is 10.1. The summed E-state index contributed by atoms with van der Waals surface area (Å²) in [6.45, 7) is -0.322. The van der Waals surface area contributed by atoms with Gasteiger partial charge in [-0.05, 0) is 47.9 Å². The fourth-order valence-electron chi connectivity index (χ4n) is 2.65. The van der Waals surface area contributed by atoms with Crippen molar-refractivity contribution in [1.82, 2.24) is 4.57 Å². The van der Waals surface area contributed by atoms with Crippen LogP contribution in [0.5, 0.6) is 5.75 Å². The van der Waals surface area contributed by atoms with Crippen LogP contribution < -0.4 is 15.6 Å². The molecule has 0 aliphatic carbocycles. The maximum Gasteiger partial charge on any atom is 0.416 e. The summed E-state index contributed by atoms with van der Waals surface area (Å²) in [4.78, 5) is 24.7. The van der Waals surface area contributed by atoms with Crippen molar-refractivity contribution in [1.29, 1.82) is 0 Å². The molecule has 0 aliphatic rings. The second kappa shape index (κ2) is 7.14. The van der Waals surface area contributed by atoms with Crippen molar-refractivity contribution >= 4 is 22.4 Å². The zero-order valence-corrected chi connectivity index (χ0v) is 14.2. The summed E-state index contributed by atoms with van der Waals surface area (Å²) in [6.07, 6.45) is -3.05. The largest absolute Gasteiger partial charge is 0.497 e. The van der Waals surface area contributed by atoms with E-state index in [4.69, 9.17) is 4.74 Å². The average molecular weight is 376 g/mol. The highest BCUT2D eigenvalue weighted by Crippen LogP contribution is 2.30. The molecule has 0 radical (unpaired) electrons. The number of aromatic nitrogens is 1. The quantitative estimate of drug-likeness (QED) is 0.756. The van der Waals surface area contributed by atoms with Crippen LogP contribution in [0.2, 0.25) is 0 Å². The van der Waals surface area contributed by atoms with Gasteiger partial charge in [-0.2, -0.15) is 13.2 Å². The first-order valence-corrected chi connectivity index (χ1v) is 7.92. The Labute approximate surface area is 152 Å². The minimum atomic E-state index is -4.50. The normalized spacial score (nSPS) is 11.4. The van der Waals surface area contributed by atoms with Gasteiger partial charge in [0, 0.05) is 17.3 Å². The third-order valence-electron chi connectivity index (χ3n) is 3.97. The number of ether oxygens (including phenoxy) is 1. The van der Waals surface area contributed by atoms with Crippen LogP contribution >= 0.6 is 0 Å². The lowest BCUT2D eigenvalue weighted by Crippen LogP contribution is -2.27. The van der Waals surface area contributed by atoms with Crippen LogP contribution in [0, 0.1) is 0 Å². The van der Waals surface area contributed by atoms with E-state index in [-0.39, 0.29) is 17.8 Å². The number of amides is 1. The van der Waals surface area contributed by atoms with Crippen molar-refractivity contribution in [2.75, 3.05) is 12.4 Å². The van der Waals surface area contributed by atoms with E-state index >= 15 is 0 Å². The number of carbonyl (C=O) groups excluding carboxylic acids is 1. The number of halogens is 3. The summed E-state index contributed by atoms with van der Waals surface area (Å²) in [5, 5.41) is 3.45. The maximum absolute atomic E-state index is 12.7. The summed E-state index contributed by atoms with van der Waals surface area (Å²) in [6, 6.07) is 10.9. The molecule has 0 aliphatic heterocycles. The van der Waals surface area contributed by atoms with Crippen LogP contribution in [0.15, 0.2) is 59.5 Å². The molecule has 1 N–H and O–H groups in total. The van der Waals surface area contributed by atoms with Crippen molar-refractivity contribution < 1.29 is 22.7 Å². The van der Waals surface area contributed by atoms with Gasteiger partial charge in [-0.25, -0.2) is 0 Å². The van der Waals surface area contributed by atoms with Gasteiger partial charge in [-0.3, -0.25) is 9.59 Å². The van der Waals surface area contributed by atoms with Crippen molar-refractivity contribution in [2.45, 2.75) is 12.7 Å². The summed E-state index contributed by atoms with van der Waals surface area (Å²) >= 11 is 0.